The SMILES string of the molecule is CCCOc1cncc(-c2nnc(SCc3ccc(Cl)cc3)n2C)c1. The van der Waals surface area contributed by atoms with Gasteiger partial charge in [0, 0.05) is 29.6 Å². The molecule has 0 unspecified atom stereocenters. The van der Waals surface area contributed by atoms with Gasteiger partial charge in [0.2, 0.25) is 0 Å². The Morgan fingerprint density at radius 1 is 1.16 bits per heavy atom. The molecule has 3 aromatic rings. The lowest BCUT2D eigenvalue weighted by Gasteiger charge is -2.07. The van der Waals surface area contributed by atoms with Crippen molar-refractivity contribution in [1.29, 1.82) is 0 Å². The Labute approximate surface area is 156 Å². The molecule has 130 valence electrons. The van der Waals surface area contributed by atoms with Crippen molar-refractivity contribution in [2.75, 3.05) is 6.61 Å². The van der Waals surface area contributed by atoms with Gasteiger partial charge < -0.3 is 9.30 Å². The Morgan fingerprint density at radius 2 is 1.96 bits per heavy atom. The van der Waals surface area contributed by atoms with E-state index in [0.717, 1.165) is 39.5 Å². The molecule has 0 aliphatic heterocycles. The summed E-state index contributed by atoms with van der Waals surface area (Å²) in [5.74, 6) is 2.33. The molecule has 0 bridgehead atoms. The molecule has 0 amide bonds. The first kappa shape index (κ1) is 17.8. The highest BCUT2D eigenvalue weighted by Gasteiger charge is 2.12. The number of halogens is 1. The van der Waals surface area contributed by atoms with Gasteiger partial charge in [-0.2, -0.15) is 0 Å². The zero-order valence-electron chi connectivity index (χ0n) is 14.1. The molecule has 0 radical (unpaired) electrons. The van der Waals surface area contributed by atoms with Crippen molar-refractivity contribution in [1.82, 2.24) is 19.7 Å². The second kappa shape index (κ2) is 8.36. The van der Waals surface area contributed by atoms with Crippen LogP contribution in [-0.4, -0.2) is 26.4 Å². The summed E-state index contributed by atoms with van der Waals surface area (Å²) < 4.78 is 7.62. The second-order valence-corrected chi connectivity index (χ2v) is 6.92. The van der Waals surface area contributed by atoms with Crippen molar-refractivity contribution >= 4 is 23.4 Å². The minimum absolute atomic E-state index is 0.673. The van der Waals surface area contributed by atoms with Crippen molar-refractivity contribution in [3.8, 4) is 17.1 Å². The first-order valence-electron chi connectivity index (χ1n) is 8.02. The van der Waals surface area contributed by atoms with E-state index in [2.05, 4.69) is 22.1 Å². The van der Waals surface area contributed by atoms with E-state index in [4.69, 9.17) is 16.3 Å². The number of nitrogens with zero attached hydrogens (tertiary/aromatic N) is 4. The lowest BCUT2D eigenvalue weighted by Crippen LogP contribution is -1.98. The quantitative estimate of drug-likeness (QED) is 0.565. The van der Waals surface area contributed by atoms with Crippen LogP contribution in [0.5, 0.6) is 5.75 Å². The van der Waals surface area contributed by atoms with E-state index in [1.54, 1.807) is 24.2 Å². The predicted molar refractivity (Wildman–Crippen MR) is 101 cm³/mol. The highest BCUT2D eigenvalue weighted by Crippen LogP contribution is 2.27. The number of pyridine rings is 1. The van der Waals surface area contributed by atoms with Gasteiger partial charge in [-0.05, 0) is 30.2 Å². The van der Waals surface area contributed by atoms with Crippen molar-refractivity contribution in [2.45, 2.75) is 24.3 Å². The summed E-state index contributed by atoms with van der Waals surface area (Å²) in [6.45, 7) is 2.75. The third kappa shape index (κ3) is 4.52. The fraction of sp³-hybridized carbons (Fsp3) is 0.278. The van der Waals surface area contributed by atoms with Crippen LogP contribution in [0.1, 0.15) is 18.9 Å². The molecule has 7 heteroatoms. The van der Waals surface area contributed by atoms with Gasteiger partial charge in [-0.25, -0.2) is 0 Å². The van der Waals surface area contributed by atoms with Crippen LogP contribution in [0, 0.1) is 0 Å². The minimum Gasteiger partial charge on any atom is -0.492 e. The molecule has 0 saturated heterocycles. The van der Waals surface area contributed by atoms with E-state index in [1.807, 2.05) is 41.9 Å². The van der Waals surface area contributed by atoms with Gasteiger partial charge in [0.15, 0.2) is 11.0 Å². The van der Waals surface area contributed by atoms with Crippen LogP contribution in [0.15, 0.2) is 47.9 Å². The van der Waals surface area contributed by atoms with Crippen molar-refractivity contribution in [3.05, 3.63) is 53.3 Å². The maximum Gasteiger partial charge on any atom is 0.191 e. The fourth-order valence-electron chi connectivity index (χ4n) is 2.26. The Morgan fingerprint density at radius 3 is 2.72 bits per heavy atom. The standard InChI is InChI=1S/C18H19ClN4OS/c1-3-8-24-16-9-14(10-20-11-16)17-21-22-18(23(17)2)25-12-13-4-6-15(19)7-5-13/h4-7,9-11H,3,8,12H2,1-2H3. The summed E-state index contributed by atoms with van der Waals surface area (Å²) in [5, 5.41) is 10.2. The molecule has 0 spiro atoms. The Kier molecular flexibility index (Phi) is 5.94. The summed E-state index contributed by atoms with van der Waals surface area (Å²) in [4.78, 5) is 4.24. The molecule has 1 aromatic carbocycles. The molecule has 25 heavy (non-hydrogen) atoms. The monoisotopic (exact) mass is 374 g/mol. The minimum atomic E-state index is 0.673. The summed E-state index contributed by atoms with van der Waals surface area (Å²) in [5.41, 5.74) is 2.08. The summed E-state index contributed by atoms with van der Waals surface area (Å²) >= 11 is 7.55. The normalized spacial score (nSPS) is 10.8. The van der Waals surface area contributed by atoms with E-state index in [0.29, 0.717) is 6.61 Å². The lowest BCUT2D eigenvalue weighted by molar-refractivity contribution is 0.316. The average Bonchev–Trinajstić information content (AvgIpc) is 3.00. The van der Waals surface area contributed by atoms with Crippen LogP contribution < -0.4 is 4.74 Å². The van der Waals surface area contributed by atoms with E-state index < -0.39 is 0 Å². The van der Waals surface area contributed by atoms with E-state index in [9.17, 15) is 0 Å². The first-order valence-corrected chi connectivity index (χ1v) is 9.38. The molecule has 2 heterocycles. The van der Waals surface area contributed by atoms with Gasteiger partial charge in [0.05, 0.1) is 12.8 Å². The molecular weight excluding hydrogens is 356 g/mol. The number of ether oxygens (including phenoxy) is 1. The second-order valence-electron chi connectivity index (χ2n) is 5.54. The number of aromatic nitrogens is 4. The van der Waals surface area contributed by atoms with Crippen LogP contribution in [0.3, 0.4) is 0 Å². The maximum absolute atomic E-state index is 5.92. The first-order chi connectivity index (χ1) is 12.2. The van der Waals surface area contributed by atoms with Crippen LogP contribution in [0.25, 0.3) is 11.4 Å². The Bertz CT molecular complexity index is 835. The summed E-state index contributed by atoms with van der Waals surface area (Å²) in [7, 11) is 1.96. The van der Waals surface area contributed by atoms with Gasteiger partial charge in [0.25, 0.3) is 0 Å². The number of hydrogen-bond acceptors (Lipinski definition) is 5. The largest absolute Gasteiger partial charge is 0.492 e. The van der Waals surface area contributed by atoms with Crippen LogP contribution in [0.2, 0.25) is 5.02 Å². The molecule has 0 saturated carbocycles. The van der Waals surface area contributed by atoms with Crippen molar-refractivity contribution in [2.24, 2.45) is 7.05 Å². The van der Waals surface area contributed by atoms with E-state index in [1.165, 1.54) is 5.56 Å². The highest BCUT2D eigenvalue weighted by molar-refractivity contribution is 7.98. The molecule has 0 aliphatic rings. The summed E-state index contributed by atoms with van der Waals surface area (Å²) in [6.07, 6.45) is 4.45. The van der Waals surface area contributed by atoms with Crippen molar-refractivity contribution < 1.29 is 4.74 Å². The third-order valence-electron chi connectivity index (χ3n) is 3.56. The molecule has 0 atom stereocenters. The van der Waals surface area contributed by atoms with Gasteiger partial charge in [-0.1, -0.05) is 42.4 Å². The highest BCUT2D eigenvalue weighted by atomic mass is 35.5. The number of rotatable bonds is 7. The van der Waals surface area contributed by atoms with Crippen LogP contribution in [-0.2, 0) is 12.8 Å². The van der Waals surface area contributed by atoms with Gasteiger partial charge in [-0.3, -0.25) is 4.98 Å². The van der Waals surface area contributed by atoms with E-state index in [-0.39, 0.29) is 0 Å². The lowest BCUT2D eigenvalue weighted by atomic mass is 10.2. The predicted octanol–water partition coefficient (Wildman–Crippen LogP) is 4.61. The Balaban J connectivity index is 1.73. The van der Waals surface area contributed by atoms with Gasteiger partial charge >= 0.3 is 0 Å². The molecule has 0 aliphatic carbocycles. The van der Waals surface area contributed by atoms with Crippen LogP contribution >= 0.6 is 23.4 Å². The van der Waals surface area contributed by atoms with E-state index >= 15 is 0 Å². The maximum atomic E-state index is 5.92. The van der Waals surface area contributed by atoms with Gasteiger partial charge in [-0.15, -0.1) is 10.2 Å². The Hall–Kier alpha value is -2.05. The van der Waals surface area contributed by atoms with Crippen molar-refractivity contribution in [3.63, 3.8) is 0 Å². The summed E-state index contributed by atoms with van der Waals surface area (Å²) in [6, 6.07) is 9.77. The smallest absolute Gasteiger partial charge is 0.191 e. The van der Waals surface area contributed by atoms with Crippen LogP contribution in [0.4, 0.5) is 0 Å². The molecule has 5 nitrogen and oxygen atoms in total. The average molecular weight is 375 g/mol. The zero-order valence-corrected chi connectivity index (χ0v) is 15.7. The topological polar surface area (TPSA) is 52.8 Å². The molecule has 2 aromatic heterocycles. The number of thioether (sulfide) groups is 1. The van der Waals surface area contributed by atoms with Gasteiger partial charge in [0.1, 0.15) is 5.75 Å². The molecule has 0 N–H and O–H groups in total. The third-order valence-corrected chi connectivity index (χ3v) is 4.90. The molecule has 0 fully saturated rings. The molecular formula is C18H19ClN4OS. The molecule has 3 rings (SSSR count). The number of benzene rings is 1. The fourth-order valence-corrected chi connectivity index (χ4v) is 3.25. The zero-order chi connectivity index (χ0) is 17.6. The number of hydrogen-bond donors (Lipinski definition) is 0.